The molecule has 0 aliphatic carbocycles. The van der Waals surface area contributed by atoms with E-state index < -0.39 is 17.8 Å². The van der Waals surface area contributed by atoms with Gasteiger partial charge in [-0.3, -0.25) is 14.9 Å². The van der Waals surface area contributed by atoms with Gasteiger partial charge in [0.2, 0.25) is 0 Å². The highest BCUT2D eigenvalue weighted by atomic mass is 79.9. The third kappa shape index (κ3) is 5.26. The summed E-state index contributed by atoms with van der Waals surface area (Å²) in [6.07, 6.45) is 1.39. The number of barbiturate groups is 1. The Morgan fingerprint density at radius 1 is 1.03 bits per heavy atom. The molecule has 10 heteroatoms. The van der Waals surface area contributed by atoms with Gasteiger partial charge in [0.15, 0.2) is 11.5 Å². The van der Waals surface area contributed by atoms with E-state index in [2.05, 4.69) is 21.2 Å². The fourth-order valence-corrected chi connectivity index (χ4v) is 4.47. The molecule has 4 amide bonds. The summed E-state index contributed by atoms with van der Waals surface area (Å²) in [5, 5.41) is 3.22. The minimum absolute atomic E-state index is 0.160. The second-order valence-electron chi connectivity index (χ2n) is 7.79. The Hall–Kier alpha value is -3.33. The van der Waals surface area contributed by atoms with Crippen LogP contribution in [0, 0.1) is 6.92 Å². The molecule has 3 aromatic carbocycles. The maximum Gasteiger partial charge on any atom is 0.335 e. The fraction of sp³-hybridized carbons (Fsp3) is 0.115. The number of nitrogens with one attached hydrogen (secondary N) is 1. The van der Waals surface area contributed by atoms with Crippen molar-refractivity contribution >= 4 is 68.7 Å². The van der Waals surface area contributed by atoms with Gasteiger partial charge < -0.3 is 9.47 Å². The Morgan fingerprint density at radius 2 is 1.78 bits per heavy atom. The smallest absolute Gasteiger partial charge is 0.335 e. The first kappa shape index (κ1) is 25.8. The van der Waals surface area contributed by atoms with Gasteiger partial charge in [-0.25, -0.2) is 9.69 Å². The van der Waals surface area contributed by atoms with Crippen LogP contribution in [0.1, 0.15) is 16.7 Å². The molecule has 3 aromatic rings. The van der Waals surface area contributed by atoms with Crippen LogP contribution in [0.3, 0.4) is 0 Å². The van der Waals surface area contributed by atoms with Crippen LogP contribution in [0.5, 0.6) is 11.5 Å². The number of carbonyl (C=O) groups is 3. The molecule has 1 saturated heterocycles. The molecule has 7 nitrogen and oxygen atoms in total. The van der Waals surface area contributed by atoms with Gasteiger partial charge in [-0.15, -0.1) is 0 Å². The number of carbonyl (C=O) groups excluding carboxylic acids is 3. The molecule has 1 fully saturated rings. The van der Waals surface area contributed by atoms with Crippen molar-refractivity contribution in [3.05, 3.63) is 91.4 Å². The maximum absolute atomic E-state index is 13.2. The van der Waals surface area contributed by atoms with Crippen LogP contribution >= 0.6 is 39.1 Å². The quantitative estimate of drug-likeness (QED) is 0.269. The number of ether oxygens (including phenoxy) is 2. The standard InChI is InChI=1S/C26H19BrCl2N2O5/c1-14-5-3-4-6-21(14)31-25(33)18(24(32)30-26(31)34)9-16-10-22(35-2)23(12-19(16)27)36-13-15-7-8-17(28)11-20(15)29/h3-12H,13H2,1-2H3,(H,30,32,34)/b18-9+. The number of rotatable bonds is 6. The van der Waals surface area contributed by atoms with Crippen molar-refractivity contribution in [2.24, 2.45) is 0 Å². The number of aryl methyl sites for hydroxylation is 1. The molecule has 1 aliphatic heterocycles. The summed E-state index contributed by atoms with van der Waals surface area (Å²) in [6, 6.07) is 14.5. The minimum atomic E-state index is -0.808. The molecule has 1 aliphatic rings. The fourth-order valence-electron chi connectivity index (χ4n) is 3.57. The van der Waals surface area contributed by atoms with Crippen LogP contribution in [-0.2, 0) is 16.2 Å². The number of hydrogen-bond acceptors (Lipinski definition) is 5. The minimum Gasteiger partial charge on any atom is -0.493 e. The van der Waals surface area contributed by atoms with E-state index in [1.165, 1.54) is 13.2 Å². The highest BCUT2D eigenvalue weighted by Gasteiger charge is 2.37. The van der Waals surface area contributed by atoms with Gasteiger partial charge in [0.05, 0.1) is 12.8 Å². The number of nitrogens with zero attached hydrogens (tertiary/aromatic N) is 1. The number of anilines is 1. The first-order valence-electron chi connectivity index (χ1n) is 10.6. The van der Waals surface area contributed by atoms with E-state index in [-0.39, 0.29) is 12.2 Å². The van der Waals surface area contributed by atoms with Gasteiger partial charge in [0, 0.05) is 20.1 Å². The number of benzene rings is 3. The van der Waals surface area contributed by atoms with Crippen molar-refractivity contribution in [1.29, 1.82) is 0 Å². The van der Waals surface area contributed by atoms with Crippen LogP contribution in [0.4, 0.5) is 10.5 Å². The van der Waals surface area contributed by atoms with E-state index in [1.807, 2.05) is 0 Å². The molecular formula is C26H19BrCl2N2O5. The Balaban J connectivity index is 1.65. The van der Waals surface area contributed by atoms with Gasteiger partial charge >= 0.3 is 6.03 Å². The summed E-state index contributed by atoms with van der Waals surface area (Å²) < 4.78 is 11.9. The van der Waals surface area contributed by atoms with Gasteiger partial charge in [0.25, 0.3) is 11.8 Å². The van der Waals surface area contributed by atoms with Crippen LogP contribution in [0.25, 0.3) is 6.08 Å². The number of methoxy groups -OCH3 is 1. The van der Waals surface area contributed by atoms with Gasteiger partial charge in [-0.1, -0.05) is 63.4 Å². The van der Waals surface area contributed by atoms with Crippen molar-refractivity contribution in [3.8, 4) is 11.5 Å². The maximum atomic E-state index is 13.2. The Morgan fingerprint density at radius 3 is 2.47 bits per heavy atom. The van der Waals surface area contributed by atoms with Crippen LogP contribution in [0.15, 0.2) is 64.6 Å². The lowest BCUT2D eigenvalue weighted by atomic mass is 10.1. The average Bonchev–Trinajstić information content (AvgIpc) is 2.83. The summed E-state index contributed by atoms with van der Waals surface area (Å²) >= 11 is 15.6. The third-order valence-electron chi connectivity index (χ3n) is 5.44. The number of hydrogen-bond donors (Lipinski definition) is 1. The van der Waals surface area contributed by atoms with Gasteiger partial charge in [0.1, 0.15) is 12.2 Å². The van der Waals surface area contributed by atoms with E-state index in [0.29, 0.717) is 42.8 Å². The molecule has 1 heterocycles. The van der Waals surface area contributed by atoms with Crippen molar-refractivity contribution in [3.63, 3.8) is 0 Å². The van der Waals surface area contributed by atoms with E-state index in [1.54, 1.807) is 61.5 Å². The highest BCUT2D eigenvalue weighted by Crippen LogP contribution is 2.36. The molecule has 4 rings (SSSR count). The lowest BCUT2D eigenvalue weighted by Crippen LogP contribution is -2.54. The highest BCUT2D eigenvalue weighted by molar-refractivity contribution is 9.10. The van der Waals surface area contributed by atoms with Gasteiger partial charge in [-0.05, 0) is 54.5 Å². The molecule has 0 bridgehead atoms. The molecular weight excluding hydrogens is 571 g/mol. The molecule has 1 N–H and O–H groups in total. The molecule has 36 heavy (non-hydrogen) atoms. The van der Waals surface area contributed by atoms with Crippen molar-refractivity contribution in [2.75, 3.05) is 12.0 Å². The van der Waals surface area contributed by atoms with E-state index >= 15 is 0 Å². The third-order valence-corrected chi connectivity index (χ3v) is 6.71. The predicted molar refractivity (Wildman–Crippen MR) is 142 cm³/mol. The summed E-state index contributed by atoms with van der Waals surface area (Å²) in [6.45, 7) is 1.93. The van der Waals surface area contributed by atoms with E-state index in [9.17, 15) is 14.4 Å². The Labute approximate surface area is 225 Å². The zero-order valence-corrected chi connectivity index (χ0v) is 22.2. The molecule has 184 valence electrons. The summed E-state index contributed by atoms with van der Waals surface area (Å²) in [7, 11) is 1.47. The number of amides is 4. The molecule has 0 radical (unpaired) electrons. The predicted octanol–water partition coefficient (Wildman–Crippen LogP) is 6.32. The molecule has 0 aromatic heterocycles. The zero-order valence-electron chi connectivity index (χ0n) is 19.1. The second-order valence-corrected chi connectivity index (χ2v) is 9.49. The summed E-state index contributed by atoms with van der Waals surface area (Å²) in [4.78, 5) is 39.3. The van der Waals surface area contributed by atoms with Crippen molar-refractivity contribution in [2.45, 2.75) is 13.5 Å². The number of halogens is 3. The molecule has 0 unspecified atom stereocenters. The van der Waals surface area contributed by atoms with E-state index in [4.69, 9.17) is 32.7 Å². The van der Waals surface area contributed by atoms with E-state index in [0.717, 1.165) is 10.5 Å². The first-order chi connectivity index (χ1) is 17.2. The SMILES string of the molecule is COc1cc(/C=C2\C(=O)NC(=O)N(c3ccccc3C)C2=O)c(Br)cc1OCc1ccc(Cl)cc1Cl. The van der Waals surface area contributed by atoms with Gasteiger partial charge in [-0.2, -0.15) is 0 Å². The normalized spacial score (nSPS) is 14.8. The number of imide groups is 2. The summed E-state index contributed by atoms with van der Waals surface area (Å²) in [5.41, 5.74) is 2.10. The molecule has 0 spiro atoms. The lowest BCUT2D eigenvalue weighted by molar-refractivity contribution is -0.122. The monoisotopic (exact) mass is 588 g/mol. The zero-order chi connectivity index (χ0) is 26.0. The number of para-hydroxylation sites is 1. The molecule has 0 saturated carbocycles. The van der Waals surface area contributed by atoms with Crippen molar-refractivity contribution in [1.82, 2.24) is 5.32 Å². The number of urea groups is 1. The Kier molecular flexibility index (Phi) is 7.68. The van der Waals surface area contributed by atoms with Crippen molar-refractivity contribution < 1.29 is 23.9 Å². The average molecular weight is 590 g/mol. The lowest BCUT2D eigenvalue weighted by Gasteiger charge is -2.27. The first-order valence-corrected chi connectivity index (χ1v) is 12.2. The second kappa shape index (κ2) is 10.7. The van der Waals surface area contributed by atoms with Crippen LogP contribution < -0.4 is 19.7 Å². The molecule has 0 atom stereocenters. The summed E-state index contributed by atoms with van der Waals surface area (Å²) in [5.74, 6) is -0.751. The van der Waals surface area contributed by atoms with Crippen LogP contribution in [-0.4, -0.2) is 25.0 Å². The topological polar surface area (TPSA) is 84.9 Å². The largest absolute Gasteiger partial charge is 0.493 e. The van der Waals surface area contributed by atoms with Crippen LogP contribution in [0.2, 0.25) is 10.0 Å². The Bertz CT molecular complexity index is 1420.